The first-order valence-corrected chi connectivity index (χ1v) is 4.84. The zero-order chi connectivity index (χ0) is 8.34. The van der Waals surface area contributed by atoms with Crippen LogP contribution >= 0.6 is 0 Å². The highest BCUT2D eigenvalue weighted by atomic mass is 19.1. The monoisotopic (exact) mass is 171 g/mol. The zero-order valence-corrected chi connectivity index (χ0v) is 7.04. The minimum absolute atomic E-state index is 0.126. The number of alkyl halides is 1. The fourth-order valence-electron chi connectivity index (χ4n) is 3.54. The average Bonchev–Trinajstić information content (AvgIpc) is 1.98. The minimum Gasteiger partial charge on any atom is -0.311 e. The maximum atomic E-state index is 14.0. The average molecular weight is 171 g/mol. The molecule has 2 aliphatic heterocycles. The Bertz CT molecular complexity index is 207. The molecule has 1 N–H and O–H groups in total. The molecule has 0 aromatic heterocycles. The van der Waals surface area contributed by atoms with Crippen LogP contribution in [0.5, 0.6) is 0 Å². The molecule has 0 radical (unpaired) electrons. The van der Waals surface area contributed by atoms with Crippen LogP contribution in [0.4, 0.5) is 4.39 Å². The number of nitrogens with zero attached hydrogens (tertiary/aromatic N) is 1. The second kappa shape index (κ2) is 2.02. The van der Waals surface area contributed by atoms with Crippen molar-refractivity contribution in [1.82, 2.24) is 5.06 Å². The molecule has 2 heterocycles. The number of piperidine rings is 2. The first-order chi connectivity index (χ1) is 5.67. The molecule has 68 valence electrons. The van der Waals surface area contributed by atoms with Crippen molar-refractivity contribution < 1.29 is 9.60 Å². The Morgan fingerprint density at radius 1 is 1.17 bits per heavy atom. The van der Waals surface area contributed by atoms with Gasteiger partial charge in [0.15, 0.2) is 5.79 Å². The van der Waals surface area contributed by atoms with Gasteiger partial charge in [-0.25, -0.2) is 4.39 Å². The molecule has 2 nitrogen and oxygen atoms in total. The van der Waals surface area contributed by atoms with Crippen LogP contribution in [-0.4, -0.2) is 22.1 Å². The van der Waals surface area contributed by atoms with Crippen molar-refractivity contribution in [3.05, 3.63) is 0 Å². The molecule has 0 amide bonds. The quantitative estimate of drug-likeness (QED) is 0.563. The van der Waals surface area contributed by atoms with Crippen LogP contribution in [0.3, 0.4) is 0 Å². The summed E-state index contributed by atoms with van der Waals surface area (Å²) in [7, 11) is 0. The predicted molar refractivity (Wildman–Crippen MR) is 41.3 cm³/mol. The van der Waals surface area contributed by atoms with Crippen LogP contribution in [0, 0.1) is 11.8 Å². The summed E-state index contributed by atoms with van der Waals surface area (Å²) in [5.74, 6) is -0.249. The number of rotatable bonds is 0. The highest BCUT2D eigenvalue weighted by Crippen LogP contribution is 2.54. The Balaban J connectivity index is 1.97. The van der Waals surface area contributed by atoms with Gasteiger partial charge in [0.1, 0.15) is 0 Å². The maximum Gasteiger partial charge on any atom is 0.186 e. The van der Waals surface area contributed by atoms with Gasteiger partial charge in [0.2, 0.25) is 0 Å². The molecule has 3 heteroatoms. The summed E-state index contributed by atoms with van der Waals surface area (Å²) in [5, 5.41) is 10.6. The smallest absolute Gasteiger partial charge is 0.186 e. The first-order valence-electron chi connectivity index (χ1n) is 4.84. The van der Waals surface area contributed by atoms with Gasteiger partial charge in [-0.15, -0.1) is 0 Å². The fourth-order valence-corrected chi connectivity index (χ4v) is 3.54. The van der Waals surface area contributed by atoms with E-state index < -0.39 is 5.79 Å². The van der Waals surface area contributed by atoms with Crippen molar-refractivity contribution in [3.63, 3.8) is 0 Å². The molecule has 12 heavy (non-hydrogen) atoms. The molecule has 4 bridgehead atoms. The van der Waals surface area contributed by atoms with Crippen molar-refractivity contribution in [2.45, 2.75) is 43.9 Å². The van der Waals surface area contributed by atoms with Crippen molar-refractivity contribution >= 4 is 0 Å². The molecule has 4 aliphatic rings. The summed E-state index contributed by atoms with van der Waals surface area (Å²) in [4.78, 5) is 0. The molecule has 0 spiro atoms. The van der Waals surface area contributed by atoms with Crippen LogP contribution in [0.1, 0.15) is 32.1 Å². The zero-order valence-electron chi connectivity index (χ0n) is 7.04. The highest BCUT2D eigenvalue weighted by molar-refractivity contribution is 5.01. The van der Waals surface area contributed by atoms with E-state index in [2.05, 4.69) is 0 Å². The lowest BCUT2D eigenvalue weighted by Crippen LogP contribution is -2.62. The van der Waals surface area contributed by atoms with E-state index >= 15 is 0 Å². The minimum atomic E-state index is -1.35. The van der Waals surface area contributed by atoms with E-state index in [4.69, 9.17) is 0 Å². The Kier molecular flexibility index (Phi) is 1.22. The normalized spacial score (nSPS) is 58.0. The summed E-state index contributed by atoms with van der Waals surface area (Å²) < 4.78 is 14.0. The summed E-state index contributed by atoms with van der Waals surface area (Å²) in [6, 6.07) is 0.126. The van der Waals surface area contributed by atoms with Gasteiger partial charge >= 0.3 is 0 Å². The number of hydrogen-bond donors (Lipinski definition) is 1. The SMILES string of the molecule is ON1C2CC3CC(C2)CC1(F)C3. The van der Waals surface area contributed by atoms with Gasteiger partial charge in [-0.3, -0.25) is 0 Å². The molecule has 0 aromatic rings. The maximum absolute atomic E-state index is 14.0. The Hall–Kier alpha value is -0.150. The number of halogens is 1. The Morgan fingerprint density at radius 2 is 1.75 bits per heavy atom. The molecule has 2 saturated heterocycles. The van der Waals surface area contributed by atoms with Crippen LogP contribution in [0.2, 0.25) is 0 Å². The summed E-state index contributed by atoms with van der Waals surface area (Å²) in [5.41, 5.74) is 0. The fraction of sp³-hybridized carbons (Fsp3) is 1.00. The second-order valence-corrected chi connectivity index (χ2v) is 4.76. The summed E-state index contributed by atoms with van der Waals surface area (Å²) in [6.45, 7) is 0. The van der Waals surface area contributed by atoms with E-state index in [1.807, 2.05) is 0 Å². The molecule has 0 aromatic carbocycles. The molecular weight excluding hydrogens is 157 g/mol. The van der Waals surface area contributed by atoms with Crippen molar-refractivity contribution in [3.8, 4) is 0 Å². The molecule has 2 aliphatic carbocycles. The lowest BCUT2D eigenvalue weighted by molar-refractivity contribution is -0.319. The number of hydroxylamine groups is 2. The van der Waals surface area contributed by atoms with Gasteiger partial charge in [-0.2, -0.15) is 5.06 Å². The second-order valence-electron chi connectivity index (χ2n) is 4.76. The molecule has 2 atom stereocenters. The standard InChI is InChI=1S/C9H14FNO/c10-9-4-6-1-7(5-9)3-8(2-6)11(9)12/h6-8,12H,1-5H2. The molecule has 2 unspecified atom stereocenters. The van der Waals surface area contributed by atoms with Crippen molar-refractivity contribution in [2.75, 3.05) is 0 Å². The number of hydrogen-bond acceptors (Lipinski definition) is 2. The van der Waals surface area contributed by atoms with Crippen LogP contribution in [-0.2, 0) is 0 Å². The molecular formula is C9H14FNO. The van der Waals surface area contributed by atoms with Crippen molar-refractivity contribution in [2.24, 2.45) is 11.8 Å². The topological polar surface area (TPSA) is 23.5 Å². The van der Waals surface area contributed by atoms with E-state index in [9.17, 15) is 9.60 Å². The van der Waals surface area contributed by atoms with E-state index in [1.165, 1.54) is 6.42 Å². The van der Waals surface area contributed by atoms with E-state index in [0.29, 0.717) is 24.7 Å². The van der Waals surface area contributed by atoms with Crippen LogP contribution in [0.15, 0.2) is 0 Å². The third kappa shape index (κ3) is 0.761. The van der Waals surface area contributed by atoms with Crippen LogP contribution < -0.4 is 0 Å². The molecule has 4 rings (SSSR count). The van der Waals surface area contributed by atoms with Gasteiger partial charge in [0, 0.05) is 18.9 Å². The van der Waals surface area contributed by atoms with Crippen molar-refractivity contribution in [1.29, 1.82) is 0 Å². The van der Waals surface area contributed by atoms with Gasteiger partial charge in [0.05, 0.1) is 0 Å². The largest absolute Gasteiger partial charge is 0.311 e. The first kappa shape index (κ1) is 7.27. The van der Waals surface area contributed by atoms with Crippen LogP contribution in [0.25, 0.3) is 0 Å². The van der Waals surface area contributed by atoms with Gasteiger partial charge < -0.3 is 5.21 Å². The summed E-state index contributed by atoms with van der Waals surface area (Å²) >= 11 is 0. The van der Waals surface area contributed by atoms with Gasteiger partial charge in [-0.05, 0) is 31.1 Å². The lowest BCUT2D eigenvalue weighted by Gasteiger charge is -2.56. The van der Waals surface area contributed by atoms with E-state index in [-0.39, 0.29) is 6.04 Å². The van der Waals surface area contributed by atoms with Gasteiger partial charge in [0.25, 0.3) is 0 Å². The Morgan fingerprint density at radius 3 is 2.25 bits per heavy atom. The molecule has 2 saturated carbocycles. The highest BCUT2D eigenvalue weighted by Gasteiger charge is 2.56. The molecule has 4 fully saturated rings. The van der Waals surface area contributed by atoms with E-state index in [0.717, 1.165) is 17.9 Å². The third-order valence-corrected chi connectivity index (χ3v) is 3.84. The van der Waals surface area contributed by atoms with Gasteiger partial charge in [-0.1, -0.05) is 0 Å². The lowest BCUT2D eigenvalue weighted by atomic mass is 9.63. The third-order valence-electron chi connectivity index (χ3n) is 3.84. The van der Waals surface area contributed by atoms with E-state index in [1.54, 1.807) is 0 Å². The summed E-state index contributed by atoms with van der Waals surface area (Å²) in [6.07, 6.45) is 4.36. The predicted octanol–water partition coefficient (Wildman–Crippen LogP) is 1.94. The Labute approximate surface area is 71.3 Å².